The minimum Gasteiger partial charge on any atom is -0.496 e. The number of hydrogen-bond donors (Lipinski definition) is 0. The molecule has 0 heterocycles. The Kier molecular flexibility index (Phi) is 4.34. The molecule has 0 aliphatic carbocycles. The Bertz CT molecular complexity index is 408. The molecule has 0 saturated heterocycles. The lowest BCUT2D eigenvalue weighted by molar-refractivity contribution is 0.0524. The largest absolute Gasteiger partial charge is 0.496 e. The van der Waals surface area contributed by atoms with Crippen molar-refractivity contribution in [1.82, 2.24) is 0 Å². The molecule has 0 amide bonds. The van der Waals surface area contributed by atoms with Gasteiger partial charge in [-0.05, 0) is 18.2 Å². The third kappa shape index (κ3) is 3.09. The standard InChI is InChI=1S/C13H20O3Si/c1-6-16-13(14)12-10(15-2)8-7-9-11(12)17(3,4)5/h7-9H,6H2,1-5H3. The molecule has 0 unspecified atom stereocenters. The van der Waals surface area contributed by atoms with E-state index in [-0.39, 0.29) is 5.97 Å². The fraction of sp³-hybridized carbons (Fsp3) is 0.462. The SMILES string of the molecule is CCOC(=O)c1c(OC)cccc1[Si](C)(C)C. The summed E-state index contributed by atoms with van der Waals surface area (Å²) in [7, 11) is -0.0227. The van der Waals surface area contributed by atoms with E-state index in [2.05, 4.69) is 19.6 Å². The molecule has 1 rings (SSSR count). The number of carbonyl (C=O) groups excluding carboxylic acids is 1. The van der Waals surface area contributed by atoms with Crippen LogP contribution in [0.2, 0.25) is 19.6 Å². The number of methoxy groups -OCH3 is 1. The van der Waals surface area contributed by atoms with Crippen LogP contribution in [0.15, 0.2) is 18.2 Å². The van der Waals surface area contributed by atoms with Gasteiger partial charge in [0.2, 0.25) is 0 Å². The molecule has 1 aromatic carbocycles. The molecule has 17 heavy (non-hydrogen) atoms. The van der Waals surface area contributed by atoms with Crippen molar-refractivity contribution in [2.45, 2.75) is 26.6 Å². The molecule has 1 aromatic rings. The van der Waals surface area contributed by atoms with Crippen molar-refractivity contribution in [2.24, 2.45) is 0 Å². The highest BCUT2D eigenvalue weighted by molar-refractivity contribution is 6.89. The first-order valence-corrected chi connectivity index (χ1v) is 9.26. The smallest absolute Gasteiger partial charge is 0.341 e. The van der Waals surface area contributed by atoms with Crippen LogP contribution in [0.1, 0.15) is 17.3 Å². The van der Waals surface area contributed by atoms with E-state index in [0.717, 1.165) is 5.19 Å². The zero-order chi connectivity index (χ0) is 13.1. The summed E-state index contributed by atoms with van der Waals surface area (Å²) in [5, 5.41) is 1.08. The summed E-state index contributed by atoms with van der Waals surface area (Å²) in [5.74, 6) is 0.311. The van der Waals surface area contributed by atoms with Crippen LogP contribution in [0, 0.1) is 0 Å². The first kappa shape index (κ1) is 13.8. The molecule has 0 aromatic heterocycles. The summed E-state index contributed by atoms with van der Waals surface area (Å²) < 4.78 is 10.4. The van der Waals surface area contributed by atoms with Gasteiger partial charge in [-0.2, -0.15) is 0 Å². The van der Waals surface area contributed by atoms with Gasteiger partial charge >= 0.3 is 5.97 Å². The van der Waals surface area contributed by atoms with Gasteiger partial charge < -0.3 is 9.47 Å². The van der Waals surface area contributed by atoms with Crippen molar-refractivity contribution in [2.75, 3.05) is 13.7 Å². The Labute approximate surface area is 104 Å². The maximum atomic E-state index is 12.0. The molecule has 0 N–H and O–H groups in total. The highest BCUT2D eigenvalue weighted by Crippen LogP contribution is 2.20. The van der Waals surface area contributed by atoms with Crippen molar-refractivity contribution >= 4 is 19.2 Å². The van der Waals surface area contributed by atoms with E-state index in [1.165, 1.54) is 0 Å². The molecular formula is C13H20O3Si. The number of rotatable bonds is 4. The average molecular weight is 252 g/mol. The maximum Gasteiger partial charge on any atom is 0.341 e. The Balaban J connectivity index is 3.36. The third-order valence-corrected chi connectivity index (χ3v) is 4.57. The lowest BCUT2D eigenvalue weighted by Crippen LogP contribution is -2.41. The number of benzene rings is 1. The van der Waals surface area contributed by atoms with Gasteiger partial charge in [0.25, 0.3) is 0 Å². The fourth-order valence-corrected chi connectivity index (χ4v) is 3.31. The predicted molar refractivity (Wildman–Crippen MR) is 71.9 cm³/mol. The van der Waals surface area contributed by atoms with E-state index in [4.69, 9.17) is 9.47 Å². The topological polar surface area (TPSA) is 35.5 Å². The second-order valence-corrected chi connectivity index (χ2v) is 9.89. The molecular weight excluding hydrogens is 232 g/mol. The molecule has 4 heteroatoms. The number of esters is 1. The Hall–Kier alpha value is -1.29. The van der Waals surface area contributed by atoms with Gasteiger partial charge in [-0.25, -0.2) is 4.79 Å². The summed E-state index contributed by atoms with van der Waals surface area (Å²) in [4.78, 5) is 12.0. The van der Waals surface area contributed by atoms with Crippen LogP contribution in [0.5, 0.6) is 5.75 Å². The quantitative estimate of drug-likeness (QED) is 0.610. The van der Waals surface area contributed by atoms with Crippen LogP contribution in [0.3, 0.4) is 0 Å². The van der Waals surface area contributed by atoms with Gasteiger partial charge in [0.05, 0.1) is 21.8 Å². The molecule has 3 nitrogen and oxygen atoms in total. The molecule has 0 bridgehead atoms. The minimum absolute atomic E-state index is 0.289. The van der Waals surface area contributed by atoms with Crippen molar-refractivity contribution in [3.05, 3.63) is 23.8 Å². The van der Waals surface area contributed by atoms with E-state index >= 15 is 0 Å². The number of carbonyl (C=O) groups is 1. The zero-order valence-corrected chi connectivity index (χ0v) is 12.2. The van der Waals surface area contributed by atoms with Crippen LogP contribution >= 0.6 is 0 Å². The monoisotopic (exact) mass is 252 g/mol. The van der Waals surface area contributed by atoms with E-state index in [1.807, 2.05) is 19.1 Å². The summed E-state index contributed by atoms with van der Waals surface area (Å²) in [6.45, 7) is 8.78. The van der Waals surface area contributed by atoms with Gasteiger partial charge in [0.15, 0.2) is 0 Å². The van der Waals surface area contributed by atoms with E-state index in [0.29, 0.717) is 17.9 Å². The van der Waals surface area contributed by atoms with Crippen LogP contribution in [0.25, 0.3) is 0 Å². The van der Waals surface area contributed by atoms with Crippen molar-refractivity contribution in [3.8, 4) is 5.75 Å². The summed E-state index contributed by atoms with van der Waals surface area (Å²) in [6.07, 6.45) is 0. The fourth-order valence-electron chi connectivity index (χ4n) is 1.74. The van der Waals surface area contributed by atoms with E-state index in [1.54, 1.807) is 13.2 Å². The van der Waals surface area contributed by atoms with Gasteiger partial charge in [0, 0.05) is 0 Å². The molecule has 0 aliphatic heterocycles. The molecule has 0 saturated carbocycles. The third-order valence-electron chi connectivity index (χ3n) is 2.53. The molecule has 0 spiro atoms. The van der Waals surface area contributed by atoms with Crippen molar-refractivity contribution in [1.29, 1.82) is 0 Å². The highest BCUT2D eigenvalue weighted by atomic mass is 28.3. The highest BCUT2D eigenvalue weighted by Gasteiger charge is 2.27. The molecule has 0 radical (unpaired) electrons. The lowest BCUT2D eigenvalue weighted by Gasteiger charge is -2.21. The summed E-state index contributed by atoms with van der Waals surface area (Å²) in [5.41, 5.74) is 0.594. The molecule has 0 aliphatic rings. The van der Waals surface area contributed by atoms with Gasteiger partial charge in [-0.15, -0.1) is 0 Å². The molecule has 0 atom stereocenters. The lowest BCUT2D eigenvalue weighted by atomic mass is 10.2. The second-order valence-electron chi connectivity index (χ2n) is 4.85. The normalized spacial score (nSPS) is 11.1. The van der Waals surface area contributed by atoms with Crippen LogP contribution < -0.4 is 9.92 Å². The van der Waals surface area contributed by atoms with Gasteiger partial charge in [0.1, 0.15) is 11.3 Å². The van der Waals surface area contributed by atoms with E-state index < -0.39 is 8.07 Å². The zero-order valence-electron chi connectivity index (χ0n) is 11.2. The van der Waals surface area contributed by atoms with Crippen molar-refractivity contribution < 1.29 is 14.3 Å². The van der Waals surface area contributed by atoms with Crippen LogP contribution in [-0.4, -0.2) is 27.8 Å². The first-order chi connectivity index (χ1) is 7.91. The molecule has 0 fully saturated rings. The van der Waals surface area contributed by atoms with Crippen LogP contribution in [-0.2, 0) is 4.74 Å². The Morgan fingerprint density at radius 2 is 1.94 bits per heavy atom. The predicted octanol–water partition coefficient (Wildman–Crippen LogP) is 2.42. The Morgan fingerprint density at radius 1 is 1.29 bits per heavy atom. The second kappa shape index (κ2) is 5.36. The van der Waals surface area contributed by atoms with E-state index in [9.17, 15) is 4.79 Å². The molecule has 94 valence electrons. The summed E-state index contributed by atoms with van der Waals surface area (Å²) >= 11 is 0. The number of hydrogen-bond acceptors (Lipinski definition) is 3. The minimum atomic E-state index is -1.60. The maximum absolute atomic E-state index is 12.0. The average Bonchev–Trinajstić information content (AvgIpc) is 2.27. The number of ether oxygens (including phenoxy) is 2. The first-order valence-electron chi connectivity index (χ1n) is 5.76. The Morgan fingerprint density at radius 3 is 2.41 bits per heavy atom. The summed E-state index contributed by atoms with van der Waals surface area (Å²) in [6, 6.07) is 5.73. The van der Waals surface area contributed by atoms with Crippen molar-refractivity contribution in [3.63, 3.8) is 0 Å². The van der Waals surface area contributed by atoms with Gasteiger partial charge in [-0.3, -0.25) is 0 Å². The van der Waals surface area contributed by atoms with Gasteiger partial charge in [-0.1, -0.05) is 31.8 Å². The van der Waals surface area contributed by atoms with Crippen LogP contribution in [0.4, 0.5) is 0 Å².